The number of nitrogens with zero attached hydrogens (tertiary/aromatic N) is 2. The lowest BCUT2D eigenvalue weighted by molar-refractivity contribution is -0.140. The third-order valence-electron chi connectivity index (χ3n) is 8.71. The van der Waals surface area contributed by atoms with E-state index in [0.29, 0.717) is 15.9 Å². The average Bonchev–Trinajstić information content (AvgIpc) is 3.11. The molecule has 0 bridgehead atoms. The van der Waals surface area contributed by atoms with Crippen LogP contribution in [0.5, 0.6) is 0 Å². The fraction of sp³-hybridized carbons (Fsp3) is 0.297. The first kappa shape index (κ1) is 38.5. The lowest BCUT2D eigenvalue weighted by atomic mass is 9.94. The molecule has 1 N–H and O–H groups in total. The molecule has 0 heterocycles. The van der Waals surface area contributed by atoms with Gasteiger partial charge in [-0.15, -0.1) is 0 Å². The van der Waals surface area contributed by atoms with E-state index in [4.69, 9.17) is 34.8 Å². The molecule has 1 saturated carbocycles. The predicted molar refractivity (Wildman–Crippen MR) is 193 cm³/mol. The molecule has 270 valence electrons. The SMILES string of the molecule is O=C(NC1CCCCC1)[C@H](Cc1ccccc1)N(Cc1ccc(Cl)c(Cl)c1)C(=O)CN(c1ccc(Cl)c(C(F)(F)F)c1)S(=O)(=O)c1ccccc1. The van der Waals surface area contributed by atoms with Gasteiger partial charge in [-0.25, -0.2) is 8.42 Å². The molecule has 0 radical (unpaired) electrons. The van der Waals surface area contributed by atoms with Crippen LogP contribution in [0.3, 0.4) is 0 Å². The second-order valence-corrected chi connectivity index (χ2v) is 15.4. The van der Waals surface area contributed by atoms with Crippen molar-refractivity contribution in [2.45, 2.75) is 68.2 Å². The van der Waals surface area contributed by atoms with Gasteiger partial charge in [0, 0.05) is 19.0 Å². The summed E-state index contributed by atoms with van der Waals surface area (Å²) in [4.78, 5) is 29.9. The summed E-state index contributed by atoms with van der Waals surface area (Å²) in [5.41, 5.74) is -0.493. The number of carbonyl (C=O) groups is 2. The molecule has 0 spiro atoms. The summed E-state index contributed by atoms with van der Waals surface area (Å²) in [5.74, 6) is -1.29. The summed E-state index contributed by atoms with van der Waals surface area (Å²) in [6.07, 6.45) is -0.388. The average molecular weight is 781 g/mol. The summed E-state index contributed by atoms with van der Waals surface area (Å²) < 4.78 is 71.0. The lowest BCUT2D eigenvalue weighted by Gasteiger charge is -2.35. The Morgan fingerprint density at radius 1 is 0.784 bits per heavy atom. The first-order chi connectivity index (χ1) is 24.2. The van der Waals surface area contributed by atoms with E-state index >= 15 is 0 Å². The Kier molecular flexibility index (Phi) is 12.6. The highest BCUT2D eigenvalue weighted by Gasteiger charge is 2.38. The van der Waals surface area contributed by atoms with Gasteiger partial charge in [-0.2, -0.15) is 13.2 Å². The van der Waals surface area contributed by atoms with E-state index in [2.05, 4.69) is 5.32 Å². The Bertz CT molecular complexity index is 1950. The maximum absolute atomic E-state index is 14.7. The van der Waals surface area contributed by atoms with Gasteiger partial charge >= 0.3 is 6.18 Å². The molecular weight excluding hydrogens is 746 g/mol. The Hall–Kier alpha value is -3.77. The van der Waals surface area contributed by atoms with Crippen LogP contribution in [0.1, 0.15) is 48.8 Å². The smallest absolute Gasteiger partial charge is 0.352 e. The number of alkyl halides is 3. The number of carbonyl (C=O) groups excluding carboxylic acids is 2. The van der Waals surface area contributed by atoms with Gasteiger partial charge in [0.05, 0.1) is 31.2 Å². The van der Waals surface area contributed by atoms with Gasteiger partial charge in [-0.3, -0.25) is 13.9 Å². The van der Waals surface area contributed by atoms with Crippen LogP contribution in [0.25, 0.3) is 0 Å². The highest BCUT2D eigenvalue weighted by atomic mass is 35.5. The third-order valence-corrected chi connectivity index (χ3v) is 11.6. The van der Waals surface area contributed by atoms with Gasteiger partial charge in [0.25, 0.3) is 10.0 Å². The summed E-state index contributed by atoms with van der Waals surface area (Å²) in [6.45, 7) is -1.14. The number of hydrogen-bond acceptors (Lipinski definition) is 4. The Morgan fingerprint density at radius 2 is 1.41 bits per heavy atom. The van der Waals surface area contributed by atoms with Crippen molar-refractivity contribution in [2.75, 3.05) is 10.8 Å². The highest BCUT2D eigenvalue weighted by Crippen LogP contribution is 2.38. The Balaban J connectivity index is 1.62. The van der Waals surface area contributed by atoms with E-state index in [1.54, 1.807) is 36.4 Å². The molecule has 0 aromatic heterocycles. The first-order valence-electron chi connectivity index (χ1n) is 16.3. The highest BCUT2D eigenvalue weighted by molar-refractivity contribution is 7.92. The zero-order chi connectivity index (χ0) is 36.8. The van der Waals surface area contributed by atoms with E-state index in [1.165, 1.54) is 41.3 Å². The van der Waals surface area contributed by atoms with Crippen LogP contribution in [0.4, 0.5) is 18.9 Å². The van der Waals surface area contributed by atoms with Crippen LogP contribution < -0.4 is 9.62 Å². The van der Waals surface area contributed by atoms with Crippen molar-refractivity contribution < 1.29 is 31.2 Å². The van der Waals surface area contributed by atoms with E-state index in [1.807, 2.05) is 6.07 Å². The molecule has 2 amide bonds. The third kappa shape index (κ3) is 9.77. The molecule has 1 aliphatic carbocycles. The standard InChI is InChI=1S/C37H35Cl3F3N3O4S/c38-31-19-17-28(22-30(31)37(41,42)43)46(51(49,50)29-14-8-3-9-15-29)24-35(47)45(23-26-16-18-32(39)33(40)20-26)34(21-25-10-4-1-5-11-25)36(48)44-27-12-6-2-7-13-27/h1,3-5,8-11,14-20,22,27,34H,2,6-7,12-13,21,23-24H2,(H,44,48)/t34-/m0/s1. The molecule has 4 aromatic carbocycles. The number of anilines is 1. The van der Waals surface area contributed by atoms with Crippen molar-refractivity contribution in [2.24, 2.45) is 0 Å². The summed E-state index contributed by atoms with van der Waals surface area (Å²) in [6, 6.07) is 22.1. The molecular formula is C37H35Cl3F3N3O4S. The van der Waals surface area contributed by atoms with Gasteiger partial charge in [0.1, 0.15) is 12.6 Å². The monoisotopic (exact) mass is 779 g/mol. The van der Waals surface area contributed by atoms with Crippen molar-refractivity contribution in [3.05, 3.63) is 129 Å². The number of sulfonamides is 1. The second kappa shape index (κ2) is 16.7. The Labute approximate surface area is 310 Å². The van der Waals surface area contributed by atoms with Crippen molar-refractivity contribution in [3.63, 3.8) is 0 Å². The van der Waals surface area contributed by atoms with E-state index < -0.39 is 56.9 Å². The minimum absolute atomic E-state index is 0.0665. The van der Waals surface area contributed by atoms with E-state index in [-0.39, 0.29) is 33.9 Å². The zero-order valence-corrected chi connectivity index (χ0v) is 30.3. The molecule has 7 nitrogen and oxygen atoms in total. The number of hydrogen-bond donors (Lipinski definition) is 1. The molecule has 14 heteroatoms. The Morgan fingerprint density at radius 3 is 2.04 bits per heavy atom. The van der Waals surface area contributed by atoms with Gasteiger partial charge in [-0.05, 0) is 66.4 Å². The zero-order valence-electron chi connectivity index (χ0n) is 27.3. The second-order valence-electron chi connectivity index (χ2n) is 12.3. The largest absolute Gasteiger partial charge is 0.417 e. The minimum Gasteiger partial charge on any atom is -0.352 e. The van der Waals surface area contributed by atoms with Gasteiger partial charge in [-0.1, -0.05) is 109 Å². The molecule has 5 rings (SSSR count). The number of amides is 2. The summed E-state index contributed by atoms with van der Waals surface area (Å²) >= 11 is 18.4. The van der Waals surface area contributed by atoms with Crippen LogP contribution in [0.15, 0.2) is 102 Å². The quantitative estimate of drug-likeness (QED) is 0.156. The predicted octanol–water partition coefficient (Wildman–Crippen LogP) is 8.95. The normalized spacial score (nSPS) is 14.5. The summed E-state index contributed by atoms with van der Waals surface area (Å²) in [7, 11) is -4.63. The number of halogens is 6. The molecule has 1 fully saturated rings. The number of benzene rings is 4. The first-order valence-corrected chi connectivity index (χ1v) is 18.8. The van der Waals surface area contributed by atoms with Crippen molar-refractivity contribution in [1.29, 1.82) is 0 Å². The van der Waals surface area contributed by atoms with Crippen molar-refractivity contribution in [3.8, 4) is 0 Å². The number of rotatable bonds is 12. The maximum atomic E-state index is 14.7. The fourth-order valence-corrected chi connectivity index (χ4v) is 8.04. The van der Waals surface area contributed by atoms with Crippen LogP contribution in [-0.2, 0) is 38.8 Å². The molecule has 0 aliphatic heterocycles. The van der Waals surface area contributed by atoms with Crippen LogP contribution >= 0.6 is 34.8 Å². The fourth-order valence-electron chi connectivity index (χ4n) is 6.07. The molecule has 1 aliphatic rings. The topological polar surface area (TPSA) is 86.8 Å². The van der Waals surface area contributed by atoms with Crippen LogP contribution in [-0.4, -0.2) is 43.8 Å². The molecule has 51 heavy (non-hydrogen) atoms. The minimum atomic E-state index is -4.92. The lowest BCUT2D eigenvalue weighted by Crippen LogP contribution is -2.55. The van der Waals surface area contributed by atoms with Gasteiger partial charge < -0.3 is 10.2 Å². The molecule has 0 saturated heterocycles. The summed E-state index contributed by atoms with van der Waals surface area (Å²) in [5, 5.41) is 2.92. The van der Waals surface area contributed by atoms with E-state index in [0.717, 1.165) is 49.8 Å². The van der Waals surface area contributed by atoms with E-state index in [9.17, 15) is 31.2 Å². The van der Waals surface area contributed by atoms with Crippen LogP contribution in [0.2, 0.25) is 15.1 Å². The van der Waals surface area contributed by atoms with Crippen molar-refractivity contribution in [1.82, 2.24) is 10.2 Å². The molecule has 0 unspecified atom stereocenters. The van der Waals surface area contributed by atoms with Crippen LogP contribution in [0, 0.1) is 0 Å². The maximum Gasteiger partial charge on any atom is 0.417 e. The molecule has 4 aromatic rings. The van der Waals surface area contributed by atoms with Gasteiger partial charge in [0.15, 0.2) is 0 Å². The van der Waals surface area contributed by atoms with Gasteiger partial charge in [0.2, 0.25) is 11.8 Å². The van der Waals surface area contributed by atoms with Crippen molar-refractivity contribution >= 4 is 62.3 Å². The number of nitrogens with one attached hydrogen (secondary N) is 1. The molecule has 1 atom stereocenters.